The fourth-order valence-electron chi connectivity index (χ4n) is 0.785. The lowest BCUT2D eigenvalue weighted by atomic mass is 10.3. The lowest BCUT2D eigenvalue weighted by Gasteiger charge is -1.83. The highest BCUT2D eigenvalue weighted by molar-refractivity contribution is 8.12. The van der Waals surface area contributed by atoms with E-state index in [0.717, 1.165) is 4.90 Å². The molecule has 0 fully saturated rings. The molecule has 0 atom stereocenters. The van der Waals surface area contributed by atoms with Crippen molar-refractivity contribution in [1.29, 1.82) is 0 Å². The van der Waals surface area contributed by atoms with Gasteiger partial charge < -0.3 is 0 Å². The number of fused-ring (bicyclic) bond motifs is 1. The van der Waals surface area contributed by atoms with Gasteiger partial charge in [0.1, 0.15) is 17.6 Å². The minimum Gasteiger partial charge on any atom is -0.205 e. The van der Waals surface area contributed by atoms with Crippen molar-refractivity contribution < 1.29 is 4.39 Å². The van der Waals surface area contributed by atoms with Crippen LogP contribution in [0.3, 0.4) is 0 Å². The normalized spacial score (nSPS) is 12.9. The van der Waals surface area contributed by atoms with E-state index < -0.39 is 0 Å². The van der Waals surface area contributed by atoms with Crippen LogP contribution < -0.4 is 0 Å². The lowest BCUT2D eigenvalue weighted by Crippen LogP contribution is -1.71. The van der Waals surface area contributed by atoms with E-state index >= 15 is 0 Å². The predicted octanol–water partition coefficient (Wildman–Crippen LogP) is 2.47. The van der Waals surface area contributed by atoms with Crippen LogP contribution in [0.15, 0.2) is 28.1 Å². The van der Waals surface area contributed by atoms with Crippen molar-refractivity contribution in [1.82, 2.24) is 0 Å². The third-order valence-corrected chi connectivity index (χ3v) is 1.99. The summed E-state index contributed by atoms with van der Waals surface area (Å²) in [5, 5.41) is 0. The quantitative estimate of drug-likeness (QED) is 0.520. The molecule has 3 heteroatoms. The first kappa shape index (κ1) is 5.83. The Bertz CT molecular complexity index is 296. The molecule has 0 aliphatic carbocycles. The Balaban J connectivity index is 2.60. The number of benzene rings is 1. The number of hydrogen-bond donors (Lipinski definition) is 0. The Labute approximate surface area is 62.0 Å². The summed E-state index contributed by atoms with van der Waals surface area (Å²) < 4.78 is 12.5. The Morgan fingerprint density at radius 1 is 1.50 bits per heavy atom. The number of hydrogen-bond acceptors (Lipinski definition) is 2. The molecule has 48 valence electrons. The summed E-state index contributed by atoms with van der Waals surface area (Å²) in [6, 6.07) is 4.54. The fraction of sp³-hybridized carbons (Fsp3) is 0. The molecule has 0 bridgehead atoms. The molecule has 2 rings (SSSR count). The zero-order valence-corrected chi connectivity index (χ0v) is 5.78. The largest absolute Gasteiger partial charge is 0.272 e. The number of rotatable bonds is 0. The van der Waals surface area contributed by atoms with Gasteiger partial charge >= 0.3 is 0 Å². The van der Waals surface area contributed by atoms with Gasteiger partial charge in [-0.2, -0.15) is 0 Å². The number of aliphatic imine (C=N–C) groups is 1. The van der Waals surface area contributed by atoms with Crippen LogP contribution in [0.25, 0.3) is 0 Å². The Morgan fingerprint density at radius 3 is 3.30 bits per heavy atom. The van der Waals surface area contributed by atoms with Crippen molar-refractivity contribution in [3.05, 3.63) is 24.0 Å². The van der Waals surface area contributed by atoms with Crippen LogP contribution >= 0.6 is 11.8 Å². The maximum atomic E-state index is 12.5. The van der Waals surface area contributed by atoms with Crippen molar-refractivity contribution in [2.24, 2.45) is 4.99 Å². The van der Waals surface area contributed by atoms with E-state index in [0.29, 0.717) is 5.69 Å². The first-order valence-corrected chi connectivity index (χ1v) is 3.60. The number of thioether (sulfide) groups is 1. The molecule has 0 saturated carbocycles. The number of halogens is 1. The fourth-order valence-corrected chi connectivity index (χ4v) is 1.37. The average molecular weight is 152 g/mol. The van der Waals surface area contributed by atoms with Gasteiger partial charge in [0.25, 0.3) is 5.55 Å². The van der Waals surface area contributed by atoms with Gasteiger partial charge in [0.05, 0.1) is 6.07 Å². The molecule has 0 saturated heterocycles. The van der Waals surface area contributed by atoms with E-state index in [1.54, 1.807) is 6.07 Å². The van der Waals surface area contributed by atoms with Gasteiger partial charge in [0.15, 0.2) is 4.90 Å². The van der Waals surface area contributed by atoms with Gasteiger partial charge in [-0.1, -0.05) is 0 Å². The second kappa shape index (κ2) is 2.04. The van der Waals surface area contributed by atoms with E-state index in [1.807, 2.05) is 0 Å². The monoisotopic (exact) mass is 152 g/mol. The van der Waals surface area contributed by atoms with E-state index in [-0.39, 0.29) is 5.82 Å². The van der Waals surface area contributed by atoms with Crippen LogP contribution in [0.4, 0.5) is 10.1 Å². The molecule has 1 aliphatic rings. The molecule has 1 aromatic carbocycles. The first-order valence-electron chi connectivity index (χ1n) is 2.78. The maximum Gasteiger partial charge on any atom is 0.272 e. The van der Waals surface area contributed by atoms with Crippen LogP contribution in [0.1, 0.15) is 0 Å². The Kier molecular flexibility index (Phi) is 1.19. The summed E-state index contributed by atoms with van der Waals surface area (Å²) in [6.07, 6.45) is 0. The van der Waals surface area contributed by atoms with E-state index in [2.05, 4.69) is 10.5 Å². The van der Waals surface area contributed by atoms with Gasteiger partial charge in [-0.05, 0) is 12.1 Å². The standard InChI is InChI=1S/C7H3FNS/c8-5-1-2-7-6(3-5)9-4-10-7/h1-3H/q+1. The molecular formula is C7H3FNS+. The van der Waals surface area contributed by atoms with Gasteiger partial charge in [-0.3, -0.25) is 0 Å². The molecule has 0 radical (unpaired) electrons. The first-order chi connectivity index (χ1) is 4.86. The Morgan fingerprint density at radius 2 is 2.40 bits per heavy atom. The maximum absolute atomic E-state index is 12.5. The van der Waals surface area contributed by atoms with Crippen molar-refractivity contribution in [2.75, 3.05) is 0 Å². The summed E-state index contributed by atoms with van der Waals surface area (Å²) in [5.41, 5.74) is 3.38. The molecule has 1 heterocycles. The molecule has 0 N–H and O–H groups in total. The predicted molar refractivity (Wildman–Crippen MR) is 39.4 cm³/mol. The summed E-state index contributed by atoms with van der Waals surface area (Å²) in [6.45, 7) is 0. The van der Waals surface area contributed by atoms with Crippen LogP contribution in [0.5, 0.6) is 0 Å². The highest BCUT2D eigenvalue weighted by Gasteiger charge is 2.19. The number of nitrogens with zero attached hydrogens (tertiary/aromatic N) is 1. The van der Waals surface area contributed by atoms with Crippen LogP contribution in [-0.4, -0.2) is 5.55 Å². The van der Waals surface area contributed by atoms with E-state index in [1.165, 1.54) is 23.9 Å². The van der Waals surface area contributed by atoms with Gasteiger partial charge in [-0.25, -0.2) is 4.39 Å². The lowest BCUT2D eigenvalue weighted by molar-refractivity contribution is 0.627. The third kappa shape index (κ3) is 0.801. The highest BCUT2D eigenvalue weighted by atomic mass is 32.2. The Hall–Kier alpha value is -0.920. The van der Waals surface area contributed by atoms with Crippen molar-refractivity contribution in [3.8, 4) is 0 Å². The zero-order chi connectivity index (χ0) is 6.97. The zero-order valence-electron chi connectivity index (χ0n) is 4.97. The second-order valence-corrected chi connectivity index (χ2v) is 2.74. The van der Waals surface area contributed by atoms with Gasteiger partial charge in [-0.15, -0.1) is 0 Å². The van der Waals surface area contributed by atoms with Gasteiger partial charge in [0, 0.05) is 4.99 Å². The molecule has 1 aromatic rings. The SMILES string of the molecule is Fc1ccc2c(c1)N=[C+]S2. The third-order valence-electron chi connectivity index (χ3n) is 1.24. The molecule has 1 nitrogen and oxygen atoms in total. The summed E-state index contributed by atoms with van der Waals surface area (Å²) in [4.78, 5) is 4.81. The molecule has 0 amide bonds. The summed E-state index contributed by atoms with van der Waals surface area (Å²) in [7, 11) is 0. The van der Waals surface area contributed by atoms with Crippen molar-refractivity contribution in [2.45, 2.75) is 4.90 Å². The topological polar surface area (TPSA) is 12.4 Å². The van der Waals surface area contributed by atoms with Crippen molar-refractivity contribution >= 4 is 23.0 Å². The molecule has 1 aliphatic heterocycles. The summed E-state index contributed by atoms with van der Waals surface area (Å²) >= 11 is 1.39. The van der Waals surface area contributed by atoms with E-state index in [9.17, 15) is 4.39 Å². The molecular weight excluding hydrogens is 149 g/mol. The minimum absolute atomic E-state index is 0.244. The average Bonchev–Trinajstić information content (AvgIpc) is 2.33. The van der Waals surface area contributed by atoms with Crippen LogP contribution in [-0.2, 0) is 0 Å². The van der Waals surface area contributed by atoms with Gasteiger partial charge in [0.2, 0.25) is 5.69 Å². The minimum atomic E-state index is -0.244. The molecule has 10 heavy (non-hydrogen) atoms. The molecule has 0 unspecified atom stereocenters. The van der Waals surface area contributed by atoms with Crippen molar-refractivity contribution in [3.63, 3.8) is 0 Å². The second-order valence-electron chi connectivity index (χ2n) is 1.92. The molecule has 0 aromatic heterocycles. The molecule has 0 spiro atoms. The highest BCUT2D eigenvalue weighted by Crippen LogP contribution is 2.33. The summed E-state index contributed by atoms with van der Waals surface area (Å²) in [5.74, 6) is -0.244. The smallest absolute Gasteiger partial charge is 0.205 e. The van der Waals surface area contributed by atoms with E-state index in [4.69, 9.17) is 0 Å². The van der Waals surface area contributed by atoms with Crippen LogP contribution in [0.2, 0.25) is 0 Å². The van der Waals surface area contributed by atoms with Crippen LogP contribution in [0, 0.1) is 5.82 Å².